The third-order valence-corrected chi connectivity index (χ3v) is 3.25. The Hall–Kier alpha value is -1.91. The molecule has 0 saturated carbocycles. The van der Waals surface area contributed by atoms with Gasteiger partial charge in [-0.15, -0.1) is 0 Å². The molecule has 1 aromatic carbocycles. The lowest BCUT2D eigenvalue weighted by atomic mass is 10.0. The van der Waals surface area contributed by atoms with Gasteiger partial charge in [0.2, 0.25) is 0 Å². The summed E-state index contributed by atoms with van der Waals surface area (Å²) in [6.07, 6.45) is 3.09. The first-order valence-corrected chi connectivity index (χ1v) is 6.15. The van der Waals surface area contributed by atoms with Crippen LogP contribution in [0.25, 0.3) is 22.5 Å². The summed E-state index contributed by atoms with van der Waals surface area (Å²) < 4.78 is 10.3. The van der Waals surface area contributed by atoms with E-state index in [4.69, 9.17) is 37.9 Å². The van der Waals surface area contributed by atoms with E-state index in [1.165, 1.54) is 0 Å². The van der Waals surface area contributed by atoms with Gasteiger partial charge in [0.1, 0.15) is 6.26 Å². The van der Waals surface area contributed by atoms with Crippen LogP contribution in [0.4, 0.5) is 5.82 Å². The van der Waals surface area contributed by atoms with Crippen molar-refractivity contribution in [2.24, 2.45) is 0 Å². The van der Waals surface area contributed by atoms with Gasteiger partial charge in [0.05, 0.1) is 22.4 Å². The first kappa shape index (κ1) is 12.1. The summed E-state index contributed by atoms with van der Waals surface area (Å²) >= 11 is 12.1. The van der Waals surface area contributed by atoms with E-state index in [1.807, 2.05) is 0 Å². The van der Waals surface area contributed by atoms with Gasteiger partial charge >= 0.3 is 0 Å². The summed E-state index contributed by atoms with van der Waals surface area (Å²) in [5.74, 6) is 0.774. The summed E-state index contributed by atoms with van der Waals surface area (Å²) in [4.78, 5) is 0. The number of aromatic nitrogens is 1. The lowest BCUT2D eigenvalue weighted by molar-refractivity contribution is 0.435. The molecule has 3 rings (SSSR count). The monoisotopic (exact) mass is 294 g/mol. The Morgan fingerprint density at radius 2 is 2.00 bits per heavy atom. The molecule has 0 radical (unpaired) electrons. The molecule has 6 heteroatoms. The molecular formula is C13H8Cl2N2O2. The van der Waals surface area contributed by atoms with E-state index in [0.717, 1.165) is 5.56 Å². The van der Waals surface area contributed by atoms with Crippen LogP contribution >= 0.6 is 23.2 Å². The van der Waals surface area contributed by atoms with Gasteiger partial charge in [-0.3, -0.25) is 0 Å². The van der Waals surface area contributed by atoms with E-state index < -0.39 is 0 Å². The molecule has 2 heterocycles. The molecule has 0 spiro atoms. The van der Waals surface area contributed by atoms with Crippen LogP contribution in [0.15, 0.2) is 45.7 Å². The molecule has 3 aromatic rings. The Kier molecular flexibility index (Phi) is 2.97. The van der Waals surface area contributed by atoms with Crippen molar-refractivity contribution in [3.8, 4) is 22.5 Å². The number of hydrogen-bond donors (Lipinski definition) is 1. The molecule has 0 unspecified atom stereocenters. The molecule has 0 saturated heterocycles. The third kappa shape index (κ3) is 2.09. The minimum absolute atomic E-state index is 0.264. The fraction of sp³-hybridized carbons (Fsp3) is 0. The van der Waals surface area contributed by atoms with E-state index >= 15 is 0 Å². The second-order valence-corrected chi connectivity index (χ2v) is 4.75. The number of anilines is 1. The van der Waals surface area contributed by atoms with Crippen molar-refractivity contribution < 1.29 is 8.94 Å². The highest BCUT2D eigenvalue weighted by Gasteiger charge is 2.20. The zero-order valence-corrected chi connectivity index (χ0v) is 11.1. The van der Waals surface area contributed by atoms with Crippen molar-refractivity contribution >= 4 is 29.0 Å². The van der Waals surface area contributed by atoms with E-state index in [-0.39, 0.29) is 5.82 Å². The first-order chi connectivity index (χ1) is 9.16. The van der Waals surface area contributed by atoms with E-state index in [0.29, 0.717) is 26.9 Å². The van der Waals surface area contributed by atoms with Crippen LogP contribution in [0, 0.1) is 0 Å². The highest BCUT2D eigenvalue weighted by atomic mass is 35.5. The van der Waals surface area contributed by atoms with Crippen LogP contribution in [-0.4, -0.2) is 5.16 Å². The second kappa shape index (κ2) is 4.64. The molecule has 0 aliphatic rings. The molecular weight excluding hydrogens is 287 g/mol. The molecule has 19 heavy (non-hydrogen) atoms. The summed E-state index contributed by atoms with van der Waals surface area (Å²) in [7, 11) is 0. The number of halogens is 2. The van der Waals surface area contributed by atoms with E-state index in [2.05, 4.69) is 5.16 Å². The maximum absolute atomic E-state index is 6.19. The number of benzene rings is 1. The maximum atomic E-state index is 6.19. The predicted molar refractivity (Wildman–Crippen MR) is 74.1 cm³/mol. The van der Waals surface area contributed by atoms with Crippen LogP contribution in [0.3, 0.4) is 0 Å². The largest absolute Gasteiger partial charge is 0.472 e. The molecule has 0 amide bonds. The van der Waals surface area contributed by atoms with Gasteiger partial charge in [-0.05, 0) is 18.2 Å². The minimum Gasteiger partial charge on any atom is -0.472 e. The molecule has 0 aliphatic carbocycles. The van der Waals surface area contributed by atoms with Crippen LogP contribution in [0.1, 0.15) is 0 Å². The van der Waals surface area contributed by atoms with Crippen LogP contribution in [0.5, 0.6) is 0 Å². The van der Waals surface area contributed by atoms with Crippen molar-refractivity contribution in [2.45, 2.75) is 0 Å². The Morgan fingerprint density at radius 3 is 2.68 bits per heavy atom. The topological polar surface area (TPSA) is 65.2 Å². The molecule has 0 bridgehead atoms. The Morgan fingerprint density at radius 1 is 1.16 bits per heavy atom. The average molecular weight is 295 g/mol. The van der Waals surface area contributed by atoms with Crippen LogP contribution in [0.2, 0.25) is 10.0 Å². The Balaban J connectivity index is 2.22. The summed E-state index contributed by atoms with van der Waals surface area (Å²) in [5, 5.41) is 4.81. The quantitative estimate of drug-likeness (QED) is 0.756. The lowest BCUT2D eigenvalue weighted by Gasteiger charge is -2.04. The predicted octanol–water partition coefficient (Wildman–Crippen LogP) is 4.49. The van der Waals surface area contributed by atoms with Gasteiger partial charge < -0.3 is 14.7 Å². The third-order valence-electron chi connectivity index (χ3n) is 2.70. The van der Waals surface area contributed by atoms with Crippen LogP contribution < -0.4 is 5.73 Å². The van der Waals surface area contributed by atoms with Crippen molar-refractivity contribution in [3.63, 3.8) is 0 Å². The highest BCUT2D eigenvalue weighted by molar-refractivity contribution is 6.36. The van der Waals surface area contributed by atoms with E-state index in [9.17, 15) is 0 Å². The van der Waals surface area contributed by atoms with Crippen molar-refractivity contribution in [1.82, 2.24) is 5.16 Å². The molecule has 0 aliphatic heterocycles. The van der Waals surface area contributed by atoms with Gasteiger partial charge in [-0.2, -0.15) is 0 Å². The molecule has 0 fully saturated rings. The number of rotatable bonds is 2. The maximum Gasteiger partial charge on any atom is 0.180 e. The standard InChI is InChI=1S/C13H8Cl2N2O2/c14-8-1-2-9(10(15)5-8)11-12(19-17-13(11)16)7-3-4-18-6-7/h1-6H,(H2,16,17). The molecule has 96 valence electrons. The smallest absolute Gasteiger partial charge is 0.180 e. The zero-order valence-electron chi connectivity index (χ0n) is 9.56. The Labute approximate surface area is 118 Å². The normalized spacial score (nSPS) is 10.8. The Bertz CT molecular complexity index is 720. The number of furan rings is 1. The minimum atomic E-state index is 0.264. The fourth-order valence-corrected chi connectivity index (χ4v) is 2.35. The lowest BCUT2D eigenvalue weighted by Crippen LogP contribution is -1.89. The SMILES string of the molecule is Nc1noc(-c2ccoc2)c1-c1ccc(Cl)cc1Cl. The molecule has 2 aromatic heterocycles. The first-order valence-electron chi connectivity index (χ1n) is 5.40. The van der Waals surface area contributed by atoms with Crippen molar-refractivity contribution in [2.75, 3.05) is 5.73 Å². The molecule has 0 atom stereocenters. The van der Waals surface area contributed by atoms with E-state index in [1.54, 1.807) is 36.8 Å². The summed E-state index contributed by atoms with van der Waals surface area (Å²) in [6, 6.07) is 6.91. The number of nitrogens with two attached hydrogens (primary N) is 1. The zero-order chi connectivity index (χ0) is 13.4. The van der Waals surface area contributed by atoms with Crippen LogP contribution in [-0.2, 0) is 0 Å². The van der Waals surface area contributed by atoms with Crippen molar-refractivity contribution in [1.29, 1.82) is 0 Å². The number of nitrogen functional groups attached to an aromatic ring is 1. The highest BCUT2D eigenvalue weighted by Crippen LogP contribution is 2.40. The van der Waals surface area contributed by atoms with Crippen molar-refractivity contribution in [3.05, 3.63) is 46.8 Å². The molecule has 4 nitrogen and oxygen atoms in total. The number of hydrogen-bond acceptors (Lipinski definition) is 4. The summed E-state index contributed by atoms with van der Waals surface area (Å²) in [5.41, 5.74) is 7.94. The number of nitrogens with zero attached hydrogens (tertiary/aromatic N) is 1. The van der Waals surface area contributed by atoms with Gasteiger partial charge in [-0.1, -0.05) is 34.4 Å². The summed E-state index contributed by atoms with van der Waals surface area (Å²) in [6.45, 7) is 0. The van der Waals surface area contributed by atoms with Gasteiger partial charge in [0.25, 0.3) is 0 Å². The van der Waals surface area contributed by atoms with Gasteiger partial charge in [0, 0.05) is 10.6 Å². The second-order valence-electron chi connectivity index (χ2n) is 3.91. The van der Waals surface area contributed by atoms with Gasteiger partial charge in [0.15, 0.2) is 11.6 Å². The van der Waals surface area contributed by atoms with Gasteiger partial charge in [-0.25, -0.2) is 0 Å². The average Bonchev–Trinajstić information content (AvgIpc) is 2.99. The molecule has 2 N–H and O–H groups in total. The fourth-order valence-electron chi connectivity index (χ4n) is 1.85.